The molecule has 2 aromatic heterocycles. The minimum Gasteiger partial charge on any atom is -0.216 e. The second-order valence-corrected chi connectivity index (χ2v) is 3.04. The van der Waals surface area contributed by atoms with E-state index in [0.717, 1.165) is 4.27 Å². The highest BCUT2D eigenvalue weighted by molar-refractivity contribution is 7.44. The van der Waals surface area contributed by atoms with E-state index >= 15 is 0 Å². The molecule has 0 atom stereocenters. The summed E-state index contributed by atoms with van der Waals surface area (Å²) in [6, 6.07) is 10.5. The van der Waals surface area contributed by atoms with Crippen LogP contribution >= 0.6 is 0 Å². The Balaban J connectivity index is 1.95. The summed E-state index contributed by atoms with van der Waals surface area (Å²) in [6.45, 7) is 0. The molecule has 0 amide bonds. The van der Waals surface area contributed by atoms with Crippen LogP contribution in [0.1, 0.15) is 0 Å². The molecule has 0 aromatic carbocycles. The van der Waals surface area contributed by atoms with Gasteiger partial charge >= 0.3 is 28.5 Å². The molecule has 2 aromatic rings. The highest BCUT2D eigenvalue weighted by Gasteiger charge is 2.12. The van der Waals surface area contributed by atoms with Gasteiger partial charge in [0.1, 0.15) is 0 Å². The van der Waals surface area contributed by atoms with Crippen LogP contribution in [0, 0.1) is 0 Å². The fourth-order valence-corrected chi connectivity index (χ4v) is 1.13. The SMILES string of the molecule is S=[N+](Oc1ccccn1)Oc1ccccn1. The molecule has 0 bridgehead atoms. The molecule has 2 rings (SSSR count). The van der Waals surface area contributed by atoms with Crippen LogP contribution in [0.3, 0.4) is 0 Å². The summed E-state index contributed by atoms with van der Waals surface area (Å²) in [4.78, 5) is 18.0. The van der Waals surface area contributed by atoms with Crippen molar-refractivity contribution < 1.29 is 13.9 Å². The van der Waals surface area contributed by atoms with Crippen LogP contribution < -0.4 is 9.68 Å². The molecule has 0 unspecified atom stereocenters. The number of pyridine rings is 2. The Labute approximate surface area is 97.4 Å². The Bertz CT molecular complexity index is 421. The minimum absolute atomic E-state index is 0.355. The summed E-state index contributed by atoms with van der Waals surface area (Å²) >= 11 is 4.81. The van der Waals surface area contributed by atoms with Crippen LogP contribution in [-0.2, 0) is 12.4 Å². The lowest BCUT2D eigenvalue weighted by Crippen LogP contribution is -2.18. The Hall–Kier alpha value is -2.08. The molecule has 5 nitrogen and oxygen atoms in total. The highest BCUT2D eigenvalue weighted by atomic mass is 32.1. The van der Waals surface area contributed by atoms with Crippen molar-refractivity contribution in [2.75, 3.05) is 0 Å². The second kappa shape index (κ2) is 5.13. The quantitative estimate of drug-likeness (QED) is 0.750. The molecule has 0 aliphatic rings. The lowest BCUT2D eigenvalue weighted by Gasteiger charge is -1.95. The Morgan fingerprint density at radius 2 is 1.38 bits per heavy atom. The fourth-order valence-electron chi connectivity index (χ4n) is 0.974. The standard InChI is InChI=1S/C10H8N3O2S/c16-13(14-9-5-1-3-7-11-9)15-10-6-2-4-8-12-10/h1-8H/q+1. The molecule has 16 heavy (non-hydrogen) atoms. The lowest BCUT2D eigenvalue weighted by molar-refractivity contribution is -0.887. The van der Waals surface area contributed by atoms with Gasteiger partial charge in [-0.1, -0.05) is 12.1 Å². The van der Waals surface area contributed by atoms with E-state index in [2.05, 4.69) is 9.97 Å². The van der Waals surface area contributed by atoms with E-state index in [1.54, 1.807) is 48.8 Å². The van der Waals surface area contributed by atoms with Crippen LogP contribution in [0.25, 0.3) is 0 Å². The zero-order valence-corrected chi connectivity index (χ0v) is 9.00. The van der Waals surface area contributed by atoms with Gasteiger partial charge in [0.25, 0.3) is 0 Å². The van der Waals surface area contributed by atoms with Crippen molar-refractivity contribution in [2.24, 2.45) is 0 Å². The van der Waals surface area contributed by atoms with Gasteiger partial charge in [-0.25, -0.2) is 9.97 Å². The molecular formula is C10H8N3O2S+. The van der Waals surface area contributed by atoms with E-state index in [1.807, 2.05) is 0 Å². The van der Waals surface area contributed by atoms with Crippen molar-refractivity contribution in [1.29, 1.82) is 0 Å². The van der Waals surface area contributed by atoms with E-state index in [9.17, 15) is 0 Å². The van der Waals surface area contributed by atoms with Crippen molar-refractivity contribution in [3.63, 3.8) is 0 Å². The van der Waals surface area contributed by atoms with Gasteiger partial charge in [-0.2, -0.15) is 9.68 Å². The van der Waals surface area contributed by atoms with Gasteiger partial charge in [0.2, 0.25) is 0 Å². The zero-order chi connectivity index (χ0) is 11.2. The van der Waals surface area contributed by atoms with Crippen molar-refractivity contribution in [3.05, 3.63) is 48.8 Å². The Morgan fingerprint density at radius 3 is 1.75 bits per heavy atom. The molecule has 0 aliphatic heterocycles. The van der Waals surface area contributed by atoms with Crippen LogP contribution in [0.2, 0.25) is 0 Å². The molecule has 2 heterocycles. The zero-order valence-electron chi connectivity index (χ0n) is 8.19. The van der Waals surface area contributed by atoms with Crippen LogP contribution in [-0.4, -0.2) is 14.2 Å². The predicted molar refractivity (Wildman–Crippen MR) is 57.4 cm³/mol. The first-order chi connectivity index (χ1) is 7.84. The summed E-state index contributed by atoms with van der Waals surface area (Å²) in [5, 5.41) is 0. The average molecular weight is 234 g/mol. The molecule has 0 radical (unpaired) electrons. The molecule has 80 valence electrons. The summed E-state index contributed by atoms with van der Waals surface area (Å²) in [7, 11) is 0. The third-order valence-corrected chi connectivity index (χ3v) is 1.76. The van der Waals surface area contributed by atoms with E-state index in [0.29, 0.717) is 11.8 Å². The summed E-state index contributed by atoms with van der Waals surface area (Å²) in [5.41, 5.74) is 0. The molecule has 0 aliphatic carbocycles. The van der Waals surface area contributed by atoms with Crippen LogP contribution in [0.5, 0.6) is 11.8 Å². The first-order valence-electron chi connectivity index (χ1n) is 4.50. The Kier molecular flexibility index (Phi) is 3.35. The van der Waals surface area contributed by atoms with Gasteiger partial charge in [0.05, 0.1) is 0 Å². The molecular weight excluding hydrogens is 226 g/mol. The third kappa shape index (κ3) is 2.96. The number of aromatic nitrogens is 2. The molecule has 0 N–H and O–H groups in total. The monoisotopic (exact) mass is 234 g/mol. The van der Waals surface area contributed by atoms with E-state index in [-0.39, 0.29) is 0 Å². The number of rotatable bonds is 4. The van der Waals surface area contributed by atoms with Gasteiger partial charge in [-0.15, -0.1) is 0 Å². The van der Waals surface area contributed by atoms with Gasteiger partial charge < -0.3 is 0 Å². The van der Waals surface area contributed by atoms with Crippen LogP contribution in [0.4, 0.5) is 0 Å². The van der Waals surface area contributed by atoms with Crippen LogP contribution in [0.15, 0.2) is 48.8 Å². The summed E-state index contributed by atoms with van der Waals surface area (Å²) in [6.07, 6.45) is 3.19. The van der Waals surface area contributed by atoms with Gasteiger partial charge in [-0.3, -0.25) is 0 Å². The predicted octanol–water partition coefficient (Wildman–Crippen LogP) is 1.51. The van der Waals surface area contributed by atoms with E-state index in [1.165, 1.54) is 0 Å². The highest BCUT2D eigenvalue weighted by Crippen LogP contribution is 2.06. The molecule has 0 saturated heterocycles. The Morgan fingerprint density at radius 1 is 0.875 bits per heavy atom. The number of hydrogen-bond acceptors (Lipinski definition) is 5. The maximum Gasteiger partial charge on any atom is 0.390 e. The van der Waals surface area contributed by atoms with Crippen molar-refractivity contribution in [2.45, 2.75) is 0 Å². The fraction of sp³-hybridized carbons (Fsp3) is 0. The smallest absolute Gasteiger partial charge is 0.216 e. The maximum absolute atomic E-state index is 5.09. The first-order valence-corrected chi connectivity index (χ1v) is 4.86. The maximum atomic E-state index is 5.09. The number of nitrogens with zero attached hydrogens (tertiary/aromatic N) is 3. The molecule has 0 spiro atoms. The van der Waals surface area contributed by atoms with Crippen molar-refractivity contribution in [3.8, 4) is 11.8 Å². The largest absolute Gasteiger partial charge is 0.390 e. The summed E-state index contributed by atoms with van der Waals surface area (Å²) in [5.74, 6) is 0.710. The average Bonchev–Trinajstić information content (AvgIpc) is 2.31. The minimum atomic E-state index is 0.355. The van der Waals surface area contributed by atoms with Gasteiger partial charge in [-0.05, 0) is 12.1 Å². The first kappa shape index (κ1) is 10.4. The molecule has 0 fully saturated rings. The number of hydrogen-bond donors (Lipinski definition) is 0. The molecule has 6 heteroatoms. The normalized spacial score (nSPS) is 9.50. The molecule has 0 saturated carbocycles. The summed E-state index contributed by atoms with van der Waals surface area (Å²) < 4.78 is 0.782. The van der Waals surface area contributed by atoms with Gasteiger partial charge in [0.15, 0.2) is 0 Å². The topological polar surface area (TPSA) is 47.2 Å². The third-order valence-electron chi connectivity index (χ3n) is 1.61. The van der Waals surface area contributed by atoms with E-state index in [4.69, 9.17) is 22.1 Å². The van der Waals surface area contributed by atoms with Crippen molar-refractivity contribution in [1.82, 2.24) is 9.97 Å². The van der Waals surface area contributed by atoms with Gasteiger partial charge in [0, 0.05) is 24.5 Å². The second-order valence-electron chi connectivity index (χ2n) is 2.74. The van der Waals surface area contributed by atoms with Crippen molar-refractivity contribution >= 4 is 12.4 Å². The van der Waals surface area contributed by atoms with E-state index < -0.39 is 0 Å². The lowest BCUT2D eigenvalue weighted by atomic mass is 10.5.